The fourth-order valence-electron chi connectivity index (χ4n) is 2.88. The largest absolute Gasteiger partial charge is 0.480 e. The van der Waals surface area contributed by atoms with Crippen molar-refractivity contribution in [2.45, 2.75) is 26.3 Å². The number of nitrogens with zero attached hydrogens (tertiary/aromatic N) is 1. The Hall–Kier alpha value is -2.45. The lowest BCUT2D eigenvalue weighted by Crippen LogP contribution is -2.44. The molecule has 1 aliphatic rings. The third kappa shape index (κ3) is 4.18. The molecule has 1 atom stereocenters. The molecular weight excluding hydrogens is 401 g/mol. The second-order valence-electron chi connectivity index (χ2n) is 6.72. The molecule has 146 valence electrons. The second-order valence-corrected chi connectivity index (χ2v) is 8.39. The van der Waals surface area contributed by atoms with Crippen LogP contribution in [0.4, 0.5) is 4.39 Å². The highest BCUT2D eigenvalue weighted by atomic mass is 32.2. The topological polar surface area (TPSA) is 70.8 Å². The number of carbonyl (C=O) groups is 2. The Labute approximate surface area is 171 Å². The molecule has 1 aliphatic heterocycles. The summed E-state index contributed by atoms with van der Waals surface area (Å²) in [5, 5.41) is 9.51. The quantitative estimate of drug-likeness (QED) is 0.536. The summed E-state index contributed by atoms with van der Waals surface area (Å²) in [6, 6.07) is 8.45. The Morgan fingerprint density at radius 3 is 2.68 bits per heavy atom. The number of carbonyl (C=O) groups excluding carboxylic acids is 1. The van der Waals surface area contributed by atoms with Crippen LogP contribution in [0.1, 0.15) is 26.0 Å². The average Bonchev–Trinajstić information content (AvgIpc) is 3.18. The molecule has 28 heavy (non-hydrogen) atoms. The number of rotatable bonds is 6. The first-order valence-electron chi connectivity index (χ1n) is 8.62. The average molecular weight is 419 g/mol. The minimum atomic E-state index is -1.09. The molecule has 0 aliphatic carbocycles. The first-order chi connectivity index (χ1) is 13.3. The first kappa shape index (κ1) is 20.3. The van der Waals surface area contributed by atoms with Gasteiger partial charge in [0.25, 0.3) is 5.91 Å². The third-order valence-electron chi connectivity index (χ3n) is 4.15. The zero-order valence-corrected chi connectivity index (χ0v) is 16.8. The number of benzene rings is 1. The Morgan fingerprint density at radius 1 is 1.32 bits per heavy atom. The lowest BCUT2D eigenvalue weighted by Gasteiger charge is -2.24. The minimum absolute atomic E-state index is 0.0862. The van der Waals surface area contributed by atoms with Crippen LogP contribution in [-0.4, -0.2) is 32.2 Å². The molecule has 0 unspecified atom stereocenters. The van der Waals surface area contributed by atoms with Gasteiger partial charge in [-0.1, -0.05) is 50.0 Å². The number of carboxylic acids is 1. The van der Waals surface area contributed by atoms with Crippen LogP contribution in [0.15, 0.2) is 45.7 Å². The molecule has 1 N–H and O–H groups in total. The maximum absolute atomic E-state index is 13.9. The summed E-state index contributed by atoms with van der Waals surface area (Å²) in [6.45, 7) is 3.77. The highest BCUT2D eigenvalue weighted by Crippen LogP contribution is 2.36. The van der Waals surface area contributed by atoms with Crippen molar-refractivity contribution in [3.8, 4) is 11.3 Å². The van der Waals surface area contributed by atoms with Crippen molar-refractivity contribution in [3.63, 3.8) is 0 Å². The standard InChI is InChI=1S/C20H18FNO4S2/c1-11(2)9-15(19(24)25)22-18(23)17(28-20(22)27)10-12-7-8-16(26-12)13-5-3-4-6-14(13)21/h3-8,10-11,15H,9H2,1-2H3,(H,24,25)/b17-10+/t15-/m0/s1. The van der Waals surface area contributed by atoms with Crippen molar-refractivity contribution in [2.75, 3.05) is 0 Å². The van der Waals surface area contributed by atoms with Gasteiger partial charge in [-0.2, -0.15) is 0 Å². The van der Waals surface area contributed by atoms with E-state index in [1.165, 1.54) is 12.1 Å². The molecule has 1 saturated heterocycles. The molecule has 1 amide bonds. The van der Waals surface area contributed by atoms with E-state index in [4.69, 9.17) is 16.6 Å². The number of thiocarbonyl (C=S) groups is 1. The van der Waals surface area contributed by atoms with Gasteiger partial charge in [0.2, 0.25) is 0 Å². The van der Waals surface area contributed by atoms with E-state index >= 15 is 0 Å². The third-order valence-corrected chi connectivity index (χ3v) is 5.48. The predicted octanol–water partition coefficient (Wildman–Crippen LogP) is 4.79. The fourth-order valence-corrected chi connectivity index (χ4v) is 4.21. The van der Waals surface area contributed by atoms with Crippen molar-refractivity contribution >= 4 is 46.3 Å². The summed E-state index contributed by atoms with van der Waals surface area (Å²) in [5.74, 6) is -1.19. The van der Waals surface area contributed by atoms with Gasteiger partial charge in [0, 0.05) is 6.08 Å². The summed E-state index contributed by atoms with van der Waals surface area (Å²) in [5.41, 5.74) is 0.317. The first-order valence-corrected chi connectivity index (χ1v) is 9.85. The van der Waals surface area contributed by atoms with E-state index < -0.39 is 23.7 Å². The number of halogens is 1. The SMILES string of the molecule is CC(C)C[C@@H](C(=O)O)N1C(=O)/C(=C\c2ccc(-c3ccccc3F)o2)SC1=S. The maximum atomic E-state index is 13.9. The lowest BCUT2D eigenvalue weighted by atomic mass is 10.0. The van der Waals surface area contributed by atoms with E-state index in [9.17, 15) is 19.1 Å². The van der Waals surface area contributed by atoms with Crippen LogP contribution in [0.5, 0.6) is 0 Å². The van der Waals surface area contributed by atoms with Crippen molar-refractivity contribution in [1.82, 2.24) is 4.90 Å². The molecular formula is C20H18FNO4S2. The smallest absolute Gasteiger partial charge is 0.326 e. The van der Waals surface area contributed by atoms with Crippen molar-refractivity contribution < 1.29 is 23.5 Å². The highest BCUT2D eigenvalue weighted by Gasteiger charge is 2.40. The van der Waals surface area contributed by atoms with Gasteiger partial charge in [-0.05, 0) is 36.6 Å². The number of aliphatic carboxylic acids is 1. The zero-order valence-electron chi connectivity index (χ0n) is 15.2. The van der Waals surface area contributed by atoms with E-state index in [-0.39, 0.29) is 15.1 Å². The van der Waals surface area contributed by atoms with Crippen LogP contribution in [0.2, 0.25) is 0 Å². The molecule has 2 heterocycles. The fraction of sp³-hybridized carbons (Fsp3) is 0.250. The van der Waals surface area contributed by atoms with Gasteiger partial charge in [-0.3, -0.25) is 9.69 Å². The van der Waals surface area contributed by atoms with Crippen LogP contribution in [0.3, 0.4) is 0 Å². The van der Waals surface area contributed by atoms with Crippen molar-refractivity contribution in [2.24, 2.45) is 5.92 Å². The van der Waals surface area contributed by atoms with Gasteiger partial charge in [0.05, 0.1) is 10.5 Å². The molecule has 8 heteroatoms. The molecule has 1 fully saturated rings. The molecule has 0 radical (unpaired) electrons. The van der Waals surface area contributed by atoms with E-state index in [0.29, 0.717) is 23.5 Å². The Balaban J connectivity index is 1.86. The summed E-state index contributed by atoms with van der Waals surface area (Å²) in [6.07, 6.45) is 1.80. The normalized spacial score (nSPS) is 17.0. The van der Waals surface area contributed by atoms with Gasteiger partial charge >= 0.3 is 5.97 Å². The molecule has 3 rings (SSSR count). The van der Waals surface area contributed by atoms with Crippen LogP contribution in [0, 0.1) is 11.7 Å². The number of thioether (sulfide) groups is 1. The van der Waals surface area contributed by atoms with Crippen LogP contribution >= 0.6 is 24.0 Å². The number of hydrogen-bond donors (Lipinski definition) is 1. The minimum Gasteiger partial charge on any atom is -0.480 e. The van der Waals surface area contributed by atoms with Crippen LogP contribution < -0.4 is 0 Å². The highest BCUT2D eigenvalue weighted by molar-refractivity contribution is 8.26. The van der Waals surface area contributed by atoms with E-state index in [2.05, 4.69) is 0 Å². The second kappa shape index (κ2) is 8.28. The number of furan rings is 1. The van der Waals surface area contributed by atoms with Gasteiger partial charge in [-0.15, -0.1) is 0 Å². The van der Waals surface area contributed by atoms with Gasteiger partial charge in [-0.25, -0.2) is 9.18 Å². The maximum Gasteiger partial charge on any atom is 0.326 e. The van der Waals surface area contributed by atoms with E-state index in [1.54, 1.807) is 30.3 Å². The number of amides is 1. The van der Waals surface area contributed by atoms with Crippen molar-refractivity contribution in [3.05, 3.63) is 52.9 Å². The molecule has 1 aromatic heterocycles. The van der Waals surface area contributed by atoms with E-state index in [0.717, 1.165) is 16.7 Å². The Bertz CT molecular complexity index is 967. The zero-order chi connectivity index (χ0) is 20.4. The van der Waals surface area contributed by atoms with Crippen LogP contribution in [-0.2, 0) is 9.59 Å². The lowest BCUT2D eigenvalue weighted by molar-refractivity contribution is -0.145. The van der Waals surface area contributed by atoms with Gasteiger partial charge in [0.15, 0.2) is 0 Å². The Morgan fingerprint density at radius 2 is 2.04 bits per heavy atom. The molecule has 2 aromatic rings. The van der Waals surface area contributed by atoms with Gasteiger partial charge < -0.3 is 9.52 Å². The molecule has 0 spiro atoms. The molecule has 0 bridgehead atoms. The van der Waals surface area contributed by atoms with Crippen LogP contribution in [0.25, 0.3) is 17.4 Å². The van der Waals surface area contributed by atoms with E-state index in [1.807, 2.05) is 13.8 Å². The molecule has 0 saturated carbocycles. The number of hydrogen-bond acceptors (Lipinski definition) is 5. The summed E-state index contributed by atoms with van der Waals surface area (Å²) in [4.78, 5) is 25.8. The summed E-state index contributed by atoms with van der Waals surface area (Å²) < 4.78 is 19.8. The van der Waals surface area contributed by atoms with Gasteiger partial charge in [0.1, 0.15) is 27.7 Å². The molecule has 1 aromatic carbocycles. The predicted molar refractivity (Wildman–Crippen MR) is 110 cm³/mol. The number of carboxylic acid groups (broad SMARTS) is 1. The van der Waals surface area contributed by atoms with Crippen molar-refractivity contribution in [1.29, 1.82) is 0 Å². The summed E-state index contributed by atoms with van der Waals surface area (Å²) in [7, 11) is 0. The monoisotopic (exact) mass is 419 g/mol. The summed E-state index contributed by atoms with van der Waals surface area (Å²) >= 11 is 6.27. The molecule has 5 nitrogen and oxygen atoms in total. The Kier molecular flexibility index (Phi) is 6.00.